The van der Waals surface area contributed by atoms with Gasteiger partial charge in [-0.3, -0.25) is 4.79 Å². The third kappa shape index (κ3) is 3.90. The van der Waals surface area contributed by atoms with Crippen LogP contribution in [-0.4, -0.2) is 16.1 Å². The molecule has 0 N–H and O–H groups in total. The Morgan fingerprint density at radius 1 is 0.929 bits per heavy atom. The first-order valence-electron chi connectivity index (χ1n) is 9.47. The minimum atomic E-state index is 0.164. The Bertz CT molecular complexity index is 1130. The van der Waals surface area contributed by atoms with Crippen LogP contribution in [0, 0.1) is 13.8 Å². The maximum Gasteiger partial charge on any atom is 0.173 e. The topological polar surface area (TPSA) is 22.0 Å². The minimum Gasteiger partial charge on any atom is -0.342 e. The van der Waals surface area contributed by atoms with Crippen LogP contribution in [0.1, 0.15) is 27.0 Å². The Morgan fingerprint density at radius 3 is 2.50 bits per heavy atom. The van der Waals surface area contributed by atoms with Crippen LogP contribution >= 0.6 is 11.8 Å². The van der Waals surface area contributed by atoms with Crippen molar-refractivity contribution in [2.75, 3.05) is 5.75 Å². The van der Waals surface area contributed by atoms with Gasteiger partial charge in [0.1, 0.15) is 0 Å². The molecule has 0 spiro atoms. The third-order valence-electron chi connectivity index (χ3n) is 5.05. The van der Waals surface area contributed by atoms with Crippen molar-refractivity contribution < 1.29 is 4.79 Å². The number of hydrogen-bond acceptors (Lipinski definition) is 2. The predicted molar refractivity (Wildman–Crippen MR) is 118 cm³/mol. The lowest BCUT2D eigenvalue weighted by molar-refractivity contribution is 0.102. The van der Waals surface area contributed by atoms with Gasteiger partial charge < -0.3 is 4.57 Å². The maximum absolute atomic E-state index is 12.5. The smallest absolute Gasteiger partial charge is 0.173 e. The molecule has 0 amide bonds. The van der Waals surface area contributed by atoms with Crippen molar-refractivity contribution in [1.82, 2.24) is 4.57 Å². The number of rotatable bonds is 6. The molecule has 4 rings (SSSR count). The van der Waals surface area contributed by atoms with E-state index in [0.717, 1.165) is 17.0 Å². The average molecular weight is 386 g/mol. The lowest BCUT2D eigenvalue weighted by Gasteiger charge is -2.09. The van der Waals surface area contributed by atoms with Crippen molar-refractivity contribution in [2.45, 2.75) is 25.3 Å². The number of carbonyl (C=O) groups excluding carboxylic acids is 1. The summed E-state index contributed by atoms with van der Waals surface area (Å²) in [6.07, 6.45) is 2.19. The van der Waals surface area contributed by atoms with Gasteiger partial charge in [-0.05, 0) is 31.0 Å². The molecule has 0 fully saturated rings. The summed E-state index contributed by atoms with van der Waals surface area (Å²) in [6.45, 7) is 5.13. The molecule has 1 heterocycles. The van der Waals surface area contributed by atoms with Crippen molar-refractivity contribution in [1.29, 1.82) is 0 Å². The van der Waals surface area contributed by atoms with Crippen molar-refractivity contribution >= 4 is 28.4 Å². The van der Waals surface area contributed by atoms with E-state index in [9.17, 15) is 4.79 Å². The largest absolute Gasteiger partial charge is 0.342 e. The Kier molecular flexibility index (Phi) is 5.36. The number of fused-ring (bicyclic) bond motifs is 1. The number of thioether (sulfide) groups is 1. The first-order valence-corrected chi connectivity index (χ1v) is 10.5. The second kappa shape index (κ2) is 8.07. The summed E-state index contributed by atoms with van der Waals surface area (Å²) in [7, 11) is 0. The minimum absolute atomic E-state index is 0.164. The van der Waals surface area contributed by atoms with Crippen LogP contribution in [0.5, 0.6) is 0 Å². The zero-order valence-electron chi connectivity index (χ0n) is 16.2. The van der Waals surface area contributed by atoms with Crippen LogP contribution < -0.4 is 0 Å². The fraction of sp³-hybridized carbons (Fsp3) is 0.160. The molecule has 3 aromatic carbocycles. The van der Waals surface area contributed by atoms with Gasteiger partial charge in [-0.25, -0.2) is 0 Å². The van der Waals surface area contributed by atoms with Gasteiger partial charge in [0, 0.05) is 34.1 Å². The van der Waals surface area contributed by atoms with Crippen LogP contribution in [0.25, 0.3) is 10.9 Å². The molecule has 0 aliphatic carbocycles. The first-order chi connectivity index (χ1) is 13.6. The first kappa shape index (κ1) is 18.6. The molecule has 0 radical (unpaired) electrons. The Balaban J connectivity index is 1.61. The van der Waals surface area contributed by atoms with Gasteiger partial charge in [-0.15, -0.1) is 11.8 Å². The van der Waals surface area contributed by atoms with Crippen molar-refractivity contribution in [3.63, 3.8) is 0 Å². The second-order valence-electron chi connectivity index (χ2n) is 7.15. The normalized spacial score (nSPS) is 11.1. The number of benzene rings is 3. The van der Waals surface area contributed by atoms with Gasteiger partial charge in [-0.2, -0.15) is 0 Å². The van der Waals surface area contributed by atoms with Crippen LogP contribution in [0.15, 0.2) is 83.9 Å². The number of hydrogen-bond donors (Lipinski definition) is 0. The Morgan fingerprint density at radius 2 is 1.68 bits per heavy atom. The third-order valence-corrected chi connectivity index (χ3v) is 6.09. The SMILES string of the molecule is Cc1ccc(C)c(Cn2cc(SCC(=O)c3ccccc3)c3ccccc32)c1. The number of para-hydroxylation sites is 1. The van der Waals surface area contributed by atoms with Gasteiger partial charge in [-0.1, -0.05) is 72.3 Å². The van der Waals surface area contributed by atoms with Crippen LogP contribution in [-0.2, 0) is 6.54 Å². The average Bonchev–Trinajstić information content (AvgIpc) is 3.07. The summed E-state index contributed by atoms with van der Waals surface area (Å²) in [5, 5.41) is 1.21. The molecule has 0 saturated carbocycles. The van der Waals surface area contributed by atoms with Crippen LogP contribution in [0.4, 0.5) is 0 Å². The molecule has 3 heteroatoms. The van der Waals surface area contributed by atoms with Gasteiger partial charge in [0.25, 0.3) is 0 Å². The van der Waals surface area contributed by atoms with E-state index in [0.29, 0.717) is 5.75 Å². The van der Waals surface area contributed by atoms with Crippen LogP contribution in [0.2, 0.25) is 0 Å². The van der Waals surface area contributed by atoms with Gasteiger partial charge >= 0.3 is 0 Å². The van der Waals surface area contributed by atoms with E-state index in [-0.39, 0.29) is 5.78 Å². The highest BCUT2D eigenvalue weighted by atomic mass is 32.2. The monoisotopic (exact) mass is 385 g/mol. The summed E-state index contributed by atoms with van der Waals surface area (Å²) in [5.74, 6) is 0.610. The number of aryl methyl sites for hydroxylation is 2. The molecule has 0 unspecified atom stereocenters. The molecular weight excluding hydrogens is 362 g/mol. The van der Waals surface area contributed by atoms with E-state index in [1.807, 2.05) is 30.3 Å². The lowest BCUT2D eigenvalue weighted by atomic mass is 10.1. The fourth-order valence-electron chi connectivity index (χ4n) is 3.46. The second-order valence-corrected chi connectivity index (χ2v) is 8.16. The Hall–Kier alpha value is -2.78. The molecule has 28 heavy (non-hydrogen) atoms. The number of carbonyl (C=O) groups is 1. The van der Waals surface area contributed by atoms with Gasteiger partial charge in [0.15, 0.2) is 5.78 Å². The number of ketones is 1. The van der Waals surface area contributed by atoms with Crippen LogP contribution in [0.3, 0.4) is 0 Å². The number of nitrogens with zero attached hydrogens (tertiary/aromatic N) is 1. The highest BCUT2D eigenvalue weighted by molar-refractivity contribution is 8.00. The van der Waals surface area contributed by atoms with E-state index in [4.69, 9.17) is 0 Å². The highest BCUT2D eigenvalue weighted by Crippen LogP contribution is 2.31. The molecule has 1 aromatic heterocycles. The van der Waals surface area contributed by atoms with Gasteiger partial charge in [0.2, 0.25) is 0 Å². The summed E-state index contributed by atoms with van der Waals surface area (Å²) in [4.78, 5) is 13.7. The zero-order chi connectivity index (χ0) is 19.5. The molecule has 0 aliphatic heterocycles. The van der Waals surface area contributed by atoms with E-state index in [1.165, 1.54) is 27.6 Å². The van der Waals surface area contributed by atoms with E-state index < -0.39 is 0 Å². The standard InChI is InChI=1S/C25H23NOS/c1-18-12-13-19(2)21(14-18)15-26-16-25(22-10-6-7-11-23(22)26)28-17-24(27)20-8-4-3-5-9-20/h3-14,16H,15,17H2,1-2H3. The molecular formula is C25H23NOS. The summed E-state index contributed by atoms with van der Waals surface area (Å²) < 4.78 is 2.30. The zero-order valence-corrected chi connectivity index (χ0v) is 17.0. The Labute approximate surface area is 170 Å². The highest BCUT2D eigenvalue weighted by Gasteiger charge is 2.12. The molecule has 0 saturated heterocycles. The predicted octanol–water partition coefficient (Wildman–Crippen LogP) is 6.28. The summed E-state index contributed by atoms with van der Waals surface area (Å²) in [5.41, 5.74) is 5.89. The van der Waals surface area contributed by atoms with E-state index in [2.05, 4.69) is 67.1 Å². The lowest BCUT2D eigenvalue weighted by Crippen LogP contribution is -2.01. The summed E-state index contributed by atoms with van der Waals surface area (Å²) >= 11 is 1.62. The molecule has 0 bridgehead atoms. The van der Waals surface area contributed by atoms with Crippen molar-refractivity contribution in [2.24, 2.45) is 0 Å². The molecule has 0 atom stereocenters. The van der Waals surface area contributed by atoms with E-state index >= 15 is 0 Å². The van der Waals surface area contributed by atoms with E-state index in [1.54, 1.807) is 11.8 Å². The molecule has 4 aromatic rings. The van der Waals surface area contributed by atoms with Gasteiger partial charge in [0.05, 0.1) is 5.75 Å². The van der Waals surface area contributed by atoms with Crippen molar-refractivity contribution in [3.8, 4) is 0 Å². The quantitative estimate of drug-likeness (QED) is 0.288. The molecule has 0 aliphatic rings. The summed E-state index contributed by atoms with van der Waals surface area (Å²) in [6, 6.07) is 24.6. The molecule has 140 valence electrons. The maximum atomic E-state index is 12.5. The fourth-order valence-corrected chi connectivity index (χ4v) is 4.45. The number of aromatic nitrogens is 1. The van der Waals surface area contributed by atoms with Crippen molar-refractivity contribution in [3.05, 3.63) is 101 Å². The number of Topliss-reactive ketones (excluding diaryl/α,β-unsaturated/α-hetero) is 1. The molecule has 2 nitrogen and oxygen atoms in total.